The fourth-order valence-electron chi connectivity index (χ4n) is 6.84. The van der Waals surface area contributed by atoms with Crippen LogP contribution in [0.4, 0.5) is 10.6 Å². The van der Waals surface area contributed by atoms with Gasteiger partial charge in [-0.1, -0.05) is 120 Å². The van der Waals surface area contributed by atoms with Gasteiger partial charge in [0.25, 0.3) is 0 Å². The van der Waals surface area contributed by atoms with Crippen molar-refractivity contribution in [3.63, 3.8) is 0 Å². The first-order chi connectivity index (χ1) is 23.4. The van der Waals surface area contributed by atoms with Gasteiger partial charge < -0.3 is 15.3 Å². The van der Waals surface area contributed by atoms with Gasteiger partial charge >= 0.3 is 6.09 Å². The lowest BCUT2D eigenvalue weighted by atomic mass is 9.77. The summed E-state index contributed by atoms with van der Waals surface area (Å²) in [5.41, 5.74) is 4.35. The Hall–Kier alpha value is -5.11. The Morgan fingerprint density at radius 2 is 1.40 bits per heavy atom. The normalized spacial score (nSPS) is 15.0. The number of benzene rings is 5. The molecule has 240 valence electrons. The molecule has 2 heterocycles. The van der Waals surface area contributed by atoms with Crippen LogP contribution in [0, 0.1) is 5.92 Å². The summed E-state index contributed by atoms with van der Waals surface area (Å²) < 4.78 is 1.99. The molecule has 0 spiro atoms. The van der Waals surface area contributed by atoms with Gasteiger partial charge in [0.15, 0.2) is 5.82 Å². The number of likely N-dealkylation sites (tertiary alicyclic amines) is 1. The molecule has 1 aliphatic heterocycles. The predicted octanol–water partition coefficient (Wildman–Crippen LogP) is 9.18. The number of halogens is 2. The van der Waals surface area contributed by atoms with Crippen molar-refractivity contribution in [2.45, 2.75) is 18.4 Å². The molecule has 7 nitrogen and oxygen atoms in total. The number of carboxylic acid groups (broad SMARTS) is 1. The third-order valence-electron chi connectivity index (χ3n) is 9.12. The summed E-state index contributed by atoms with van der Waals surface area (Å²) in [5.74, 6) is -0.416. The van der Waals surface area contributed by atoms with E-state index in [0.717, 1.165) is 33.3 Å². The molecule has 1 unspecified atom stereocenters. The van der Waals surface area contributed by atoms with Crippen molar-refractivity contribution in [2.75, 3.05) is 18.4 Å². The number of hydrogen-bond acceptors (Lipinski definition) is 3. The third-order valence-corrected chi connectivity index (χ3v) is 9.68. The molecule has 1 aromatic heterocycles. The zero-order valence-corrected chi connectivity index (χ0v) is 27.4. The van der Waals surface area contributed by atoms with Gasteiger partial charge in [0, 0.05) is 34.1 Å². The Morgan fingerprint density at radius 1 is 0.792 bits per heavy atom. The molecule has 0 radical (unpaired) electrons. The number of carbonyl (C=O) groups excluding carboxylic acids is 1. The Morgan fingerprint density at radius 3 is 1.98 bits per heavy atom. The molecule has 1 aliphatic rings. The Labute approximate surface area is 288 Å². The van der Waals surface area contributed by atoms with Gasteiger partial charge in [-0.15, -0.1) is 0 Å². The summed E-state index contributed by atoms with van der Waals surface area (Å²) in [7, 11) is 0. The summed E-state index contributed by atoms with van der Waals surface area (Å²) in [6, 6.07) is 41.9. The number of amides is 2. The first kappa shape index (κ1) is 31.5. The van der Waals surface area contributed by atoms with Gasteiger partial charge in [0.2, 0.25) is 5.91 Å². The molecule has 2 N–H and O–H groups in total. The molecule has 5 aromatic carbocycles. The SMILES string of the molecule is O=C(Nc1nn(C(c2ccccc2)(c2ccccc2)c2ccccc2)c2ccc(-c3cc(Cl)ccc3Cl)cc12)C1CCCN(C(=O)O)C1. The van der Waals surface area contributed by atoms with Crippen LogP contribution in [-0.2, 0) is 10.3 Å². The number of piperidine rings is 1. The molecule has 0 aliphatic carbocycles. The van der Waals surface area contributed by atoms with Gasteiger partial charge in [-0.2, -0.15) is 5.10 Å². The van der Waals surface area contributed by atoms with Crippen LogP contribution in [0.2, 0.25) is 10.0 Å². The average Bonchev–Trinajstić information content (AvgIpc) is 3.48. The van der Waals surface area contributed by atoms with Crippen LogP contribution in [-0.4, -0.2) is 44.9 Å². The Kier molecular flexibility index (Phi) is 8.65. The second-order valence-electron chi connectivity index (χ2n) is 12.0. The zero-order chi connectivity index (χ0) is 33.3. The van der Waals surface area contributed by atoms with Crippen molar-refractivity contribution in [2.24, 2.45) is 5.92 Å². The van der Waals surface area contributed by atoms with E-state index in [2.05, 4.69) is 41.7 Å². The minimum atomic E-state index is -1.02. The number of nitrogens with zero attached hydrogens (tertiary/aromatic N) is 3. The molecule has 1 atom stereocenters. The highest BCUT2D eigenvalue weighted by molar-refractivity contribution is 6.35. The van der Waals surface area contributed by atoms with Gasteiger partial charge in [-0.3, -0.25) is 4.79 Å². The van der Waals surface area contributed by atoms with E-state index in [0.29, 0.717) is 40.6 Å². The molecule has 6 aromatic rings. The second-order valence-corrected chi connectivity index (χ2v) is 12.8. The maximum atomic E-state index is 13.9. The summed E-state index contributed by atoms with van der Waals surface area (Å²) in [5, 5.41) is 19.8. The first-order valence-electron chi connectivity index (χ1n) is 15.8. The highest BCUT2D eigenvalue weighted by atomic mass is 35.5. The van der Waals surface area contributed by atoms with E-state index < -0.39 is 17.6 Å². The fourth-order valence-corrected chi connectivity index (χ4v) is 7.24. The number of fused-ring (bicyclic) bond motifs is 1. The Balaban J connectivity index is 1.49. The maximum absolute atomic E-state index is 13.9. The number of nitrogens with one attached hydrogen (secondary N) is 1. The second kappa shape index (κ2) is 13.2. The third kappa shape index (κ3) is 5.69. The number of anilines is 1. The summed E-state index contributed by atoms with van der Waals surface area (Å²) in [4.78, 5) is 26.9. The van der Waals surface area contributed by atoms with E-state index >= 15 is 0 Å². The molecular formula is C39H32Cl2N4O3. The first-order valence-corrected chi connectivity index (χ1v) is 16.6. The van der Waals surface area contributed by atoms with Crippen molar-refractivity contribution in [1.29, 1.82) is 0 Å². The van der Waals surface area contributed by atoms with Crippen LogP contribution in [0.5, 0.6) is 0 Å². The minimum absolute atomic E-state index is 0.130. The van der Waals surface area contributed by atoms with Crippen LogP contribution in [0.1, 0.15) is 29.5 Å². The van der Waals surface area contributed by atoms with Crippen molar-refractivity contribution in [1.82, 2.24) is 14.7 Å². The van der Waals surface area contributed by atoms with Crippen LogP contribution < -0.4 is 5.32 Å². The van der Waals surface area contributed by atoms with Gasteiger partial charge in [0.05, 0.1) is 11.4 Å². The maximum Gasteiger partial charge on any atom is 0.407 e. The van der Waals surface area contributed by atoms with Crippen molar-refractivity contribution in [3.8, 4) is 11.1 Å². The molecule has 9 heteroatoms. The standard InChI is InChI=1S/C39H32Cl2N4O3/c40-31-19-20-34(41)32(24-31)26-18-21-35-33(23-26)36(42-37(46)27-11-10-22-44(25-27)38(47)48)43-45(35)39(28-12-4-1-5-13-28,29-14-6-2-7-15-29)30-16-8-3-9-17-30/h1-9,12-21,23-24,27H,10-11,22,25H2,(H,47,48)(H,42,43,46). The van der Waals surface area contributed by atoms with Gasteiger partial charge in [-0.05, 0) is 65.4 Å². The predicted molar refractivity (Wildman–Crippen MR) is 191 cm³/mol. The molecule has 0 bridgehead atoms. The van der Waals surface area contributed by atoms with Gasteiger partial charge in [0.1, 0.15) is 5.54 Å². The van der Waals surface area contributed by atoms with E-state index in [-0.39, 0.29) is 12.5 Å². The topological polar surface area (TPSA) is 87.5 Å². The van der Waals surface area contributed by atoms with E-state index in [9.17, 15) is 14.7 Å². The smallest absolute Gasteiger partial charge is 0.407 e. The highest BCUT2D eigenvalue weighted by Crippen LogP contribution is 2.44. The number of rotatable bonds is 7. The van der Waals surface area contributed by atoms with Crippen LogP contribution in [0.3, 0.4) is 0 Å². The average molecular weight is 676 g/mol. The van der Waals surface area contributed by atoms with E-state index in [4.69, 9.17) is 28.3 Å². The van der Waals surface area contributed by atoms with E-state index in [1.165, 1.54) is 4.90 Å². The Bertz CT molecular complexity index is 2010. The zero-order valence-electron chi connectivity index (χ0n) is 25.9. The number of carbonyl (C=O) groups is 2. The lowest BCUT2D eigenvalue weighted by molar-refractivity contribution is -0.121. The summed E-state index contributed by atoms with van der Waals surface area (Å²) in [6.07, 6.45) is 0.166. The largest absolute Gasteiger partial charge is 0.465 e. The number of hydrogen-bond donors (Lipinski definition) is 2. The minimum Gasteiger partial charge on any atom is -0.465 e. The van der Waals surface area contributed by atoms with Crippen LogP contribution in [0.25, 0.3) is 22.0 Å². The molecule has 0 saturated carbocycles. The van der Waals surface area contributed by atoms with Gasteiger partial charge in [-0.25, -0.2) is 9.48 Å². The molecule has 1 saturated heterocycles. The lowest BCUT2D eigenvalue weighted by Crippen LogP contribution is -2.43. The molecule has 1 fully saturated rings. The summed E-state index contributed by atoms with van der Waals surface area (Å²) >= 11 is 13.1. The monoisotopic (exact) mass is 674 g/mol. The van der Waals surface area contributed by atoms with E-state index in [1.54, 1.807) is 12.1 Å². The molecular weight excluding hydrogens is 643 g/mol. The van der Waals surface area contributed by atoms with Crippen LogP contribution >= 0.6 is 23.2 Å². The van der Waals surface area contributed by atoms with Crippen molar-refractivity contribution >= 4 is 51.9 Å². The van der Waals surface area contributed by atoms with Crippen molar-refractivity contribution in [3.05, 3.63) is 154 Å². The lowest BCUT2D eigenvalue weighted by Gasteiger charge is -2.37. The fraction of sp³-hybridized carbons (Fsp3) is 0.154. The highest BCUT2D eigenvalue weighted by Gasteiger charge is 2.41. The number of aromatic nitrogens is 2. The quantitative estimate of drug-likeness (QED) is 0.165. The molecule has 48 heavy (non-hydrogen) atoms. The van der Waals surface area contributed by atoms with Crippen molar-refractivity contribution < 1.29 is 14.7 Å². The molecule has 7 rings (SSSR count). The van der Waals surface area contributed by atoms with Crippen LogP contribution in [0.15, 0.2) is 127 Å². The van der Waals surface area contributed by atoms with E-state index in [1.807, 2.05) is 83.5 Å². The summed E-state index contributed by atoms with van der Waals surface area (Å²) in [6.45, 7) is 0.541. The molecule has 2 amide bonds.